The number of benzene rings is 1. The van der Waals surface area contributed by atoms with Gasteiger partial charge in [-0.25, -0.2) is 13.8 Å². The van der Waals surface area contributed by atoms with Crippen molar-refractivity contribution in [3.05, 3.63) is 44.7 Å². The molecule has 0 N–H and O–H groups in total. The van der Waals surface area contributed by atoms with Crippen LogP contribution < -0.4 is 4.80 Å². The molecule has 1 aromatic carbocycles. The summed E-state index contributed by atoms with van der Waals surface area (Å²) >= 11 is 1.01. The summed E-state index contributed by atoms with van der Waals surface area (Å²) in [7, 11) is 0. The molecule has 0 atom stereocenters. The first-order valence-electron chi connectivity index (χ1n) is 6.88. The lowest BCUT2D eigenvalue weighted by Gasteiger charge is -2.09. The van der Waals surface area contributed by atoms with Crippen molar-refractivity contribution in [2.24, 2.45) is 4.99 Å². The fourth-order valence-corrected chi connectivity index (χ4v) is 3.39. The molecule has 0 spiro atoms. The van der Waals surface area contributed by atoms with E-state index in [4.69, 9.17) is 0 Å². The number of carbonyl (C=O) groups excluding carboxylic acids is 1. The van der Waals surface area contributed by atoms with Crippen LogP contribution in [0.25, 0.3) is 0 Å². The highest BCUT2D eigenvalue weighted by Crippen LogP contribution is 2.35. The number of halogens is 5. The lowest BCUT2D eigenvalue weighted by molar-refractivity contribution is -0.142. The predicted octanol–water partition coefficient (Wildman–Crippen LogP) is 4.61. The Kier molecular flexibility index (Phi) is 4.93. The maximum absolute atomic E-state index is 13.6. The van der Waals surface area contributed by atoms with E-state index in [2.05, 4.69) is 4.99 Å². The number of nitrogens with zero attached hydrogens (tertiary/aromatic N) is 2. The predicted molar refractivity (Wildman–Crippen MR) is 79.3 cm³/mol. The van der Waals surface area contributed by atoms with Crippen molar-refractivity contribution >= 4 is 22.8 Å². The molecule has 0 aliphatic heterocycles. The maximum atomic E-state index is 13.6. The van der Waals surface area contributed by atoms with E-state index in [1.807, 2.05) is 0 Å². The van der Waals surface area contributed by atoms with E-state index in [9.17, 15) is 26.7 Å². The van der Waals surface area contributed by atoms with Crippen LogP contribution in [0.1, 0.15) is 34.8 Å². The minimum atomic E-state index is -5.13. The summed E-state index contributed by atoms with van der Waals surface area (Å²) in [6, 6.07) is 1.04. The number of alkyl halides is 3. The molecule has 0 amide bonds. The van der Waals surface area contributed by atoms with Crippen LogP contribution in [0.2, 0.25) is 0 Å². The molecule has 3 nitrogen and oxygen atoms in total. The van der Waals surface area contributed by atoms with Crippen molar-refractivity contribution in [1.82, 2.24) is 4.57 Å². The second-order valence-corrected chi connectivity index (χ2v) is 5.97. The third kappa shape index (κ3) is 3.40. The van der Waals surface area contributed by atoms with Crippen molar-refractivity contribution in [2.45, 2.75) is 33.5 Å². The molecule has 2 rings (SSSR count). The highest BCUT2D eigenvalue weighted by Gasteiger charge is 2.37. The van der Waals surface area contributed by atoms with E-state index in [0.29, 0.717) is 29.2 Å². The third-order valence-electron chi connectivity index (χ3n) is 3.33. The number of thiazole rings is 1. The molecule has 1 heterocycles. The van der Waals surface area contributed by atoms with Crippen LogP contribution in [0, 0.1) is 18.6 Å². The zero-order valence-electron chi connectivity index (χ0n) is 13.0. The van der Waals surface area contributed by atoms with Gasteiger partial charge in [0, 0.05) is 31.3 Å². The van der Waals surface area contributed by atoms with Crippen LogP contribution in [0.4, 0.5) is 27.6 Å². The van der Waals surface area contributed by atoms with Crippen molar-refractivity contribution < 1.29 is 26.7 Å². The standard InChI is InChI=1S/C15H13F5N2OS/c1-4-22-7(2)13(8(3)23)24-14(22)21-9-5-10(16)12(11(17)6-9)15(18,19)20/h5-6H,4H2,1-3H3/b21-14-. The van der Waals surface area contributed by atoms with Gasteiger partial charge in [-0.15, -0.1) is 0 Å². The average Bonchev–Trinajstić information content (AvgIpc) is 2.72. The number of ketones is 1. The number of hydrogen-bond acceptors (Lipinski definition) is 3. The Morgan fingerprint density at radius 3 is 2.21 bits per heavy atom. The highest BCUT2D eigenvalue weighted by molar-refractivity contribution is 7.11. The van der Waals surface area contributed by atoms with Gasteiger partial charge in [0.15, 0.2) is 10.6 Å². The molecule has 0 radical (unpaired) electrons. The first kappa shape index (κ1) is 18.3. The molecule has 130 valence electrons. The topological polar surface area (TPSA) is 34.4 Å². The van der Waals surface area contributed by atoms with Crippen molar-refractivity contribution in [3.63, 3.8) is 0 Å². The van der Waals surface area contributed by atoms with Crippen LogP contribution in [0.15, 0.2) is 17.1 Å². The molecular weight excluding hydrogens is 351 g/mol. The van der Waals surface area contributed by atoms with Gasteiger partial charge in [0.05, 0.1) is 10.6 Å². The van der Waals surface area contributed by atoms with E-state index in [1.54, 1.807) is 18.4 Å². The second-order valence-electron chi connectivity index (χ2n) is 4.99. The van der Waals surface area contributed by atoms with Crippen LogP contribution in [0.3, 0.4) is 0 Å². The van der Waals surface area contributed by atoms with Gasteiger partial charge in [-0.05, 0) is 13.8 Å². The first-order valence-corrected chi connectivity index (χ1v) is 7.70. The molecule has 1 aromatic heterocycles. The van der Waals surface area contributed by atoms with Gasteiger partial charge in [-0.3, -0.25) is 4.79 Å². The van der Waals surface area contributed by atoms with Gasteiger partial charge >= 0.3 is 6.18 Å². The van der Waals surface area contributed by atoms with Gasteiger partial charge in [-0.2, -0.15) is 13.2 Å². The molecule has 2 aromatic rings. The molecule has 0 saturated heterocycles. The smallest absolute Gasteiger partial charge is 0.321 e. The van der Waals surface area contributed by atoms with E-state index in [1.165, 1.54) is 6.92 Å². The quantitative estimate of drug-likeness (QED) is 0.579. The molecule has 9 heteroatoms. The van der Waals surface area contributed by atoms with Gasteiger partial charge in [0.1, 0.15) is 17.2 Å². The van der Waals surface area contributed by atoms with Crippen molar-refractivity contribution in [1.29, 1.82) is 0 Å². The van der Waals surface area contributed by atoms with Crippen LogP contribution in [-0.2, 0) is 12.7 Å². The van der Waals surface area contributed by atoms with Crippen molar-refractivity contribution in [3.8, 4) is 0 Å². The summed E-state index contributed by atoms with van der Waals surface area (Å²) in [6.45, 7) is 5.31. The summed E-state index contributed by atoms with van der Waals surface area (Å²) in [5.74, 6) is -3.65. The SMILES string of the molecule is CCn1c(C)c(C(C)=O)s/c1=N\c1cc(F)c(C(F)(F)F)c(F)c1. The summed E-state index contributed by atoms with van der Waals surface area (Å²) in [4.78, 5) is 16.3. The number of rotatable bonds is 3. The maximum Gasteiger partial charge on any atom is 0.422 e. The molecule has 0 saturated carbocycles. The number of hydrogen-bond donors (Lipinski definition) is 0. The van der Waals surface area contributed by atoms with Crippen LogP contribution >= 0.6 is 11.3 Å². The van der Waals surface area contributed by atoms with Crippen LogP contribution in [0.5, 0.6) is 0 Å². The Morgan fingerprint density at radius 1 is 1.25 bits per heavy atom. The number of carbonyl (C=O) groups is 1. The lowest BCUT2D eigenvalue weighted by atomic mass is 10.1. The Morgan fingerprint density at radius 2 is 1.79 bits per heavy atom. The monoisotopic (exact) mass is 364 g/mol. The van der Waals surface area contributed by atoms with Gasteiger partial charge in [0.25, 0.3) is 0 Å². The van der Waals surface area contributed by atoms with Gasteiger partial charge < -0.3 is 4.57 Å². The molecule has 0 unspecified atom stereocenters. The Balaban J connectivity index is 2.65. The van der Waals surface area contributed by atoms with E-state index in [0.717, 1.165) is 11.3 Å². The minimum Gasteiger partial charge on any atom is -0.321 e. The third-order valence-corrected chi connectivity index (χ3v) is 4.61. The molecule has 0 fully saturated rings. The zero-order valence-corrected chi connectivity index (χ0v) is 13.8. The zero-order chi connectivity index (χ0) is 18.2. The fraction of sp³-hybridized carbons (Fsp3) is 0.333. The summed E-state index contributed by atoms with van der Waals surface area (Å²) in [5, 5.41) is 0. The normalized spacial score (nSPS) is 12.8. The first-order chi connectivity index (χ1) is 11.1. The van der Waals surface area contributed by atoms with E-state index >= 15 is 0 Å². The number of aromatic nitrogens is 1. The molecule has 0 aliphatic carbocycles. The summed E-state index contributed by atoms with van der Waals surface area (Å²) in [6.07, 6.45) is -5.13. The van der Waals surface area contributed by atoms with Crippen molar-refractivity contribution in [2.75, 3.05) is 0 Å². The molecule has 24 heavy (non-hydrogen) atoms. The molecule has 0 aliphatic rings. The molecular formula is C15H13F5N2OS. The van der Waals surface area contributed by atoms with Gasteiger partial charge in [-0.1, -0.05) is 11.3 Å². The fourth-order valence-electron chi connectivity index (χ4n) is 2.27. The van der Waals surface area contributed by atoms with Crippen LogP contribution in [-0.4, -0.2) is 10.4 Å². The largest absolute Gasteiger partial charge is 0.422 e. The lowest BCUT2D eigenvalue weighted by Crippen LogP contribution is -2.15. The Labute approximate surface area is 138 Å². The minimum absolute atomic E-state index is 0.189. The highest BCUT2D eigenvalue weighted by atomic mass is 32.1. The summed E-state index contributed by atoms with van der Waals surface area (Å²) < 4.78 is 66.6. The van der Waals surface area contributed by atoms with E-state index < -0.39 is 23.4 Å². The summed E-state index contributed by atoms with van der Waals surface area (Å²) in [5.41, 5.74) is -1.60. The second kappa shape index (κ2) is 6.46. The molecule has 0 bridgehead atoms. The van der Waals surface area contributed by atoms with Gasteiger partial charge in [0.2, 0.25) is 0 Å². The Bertz CT molecular complexity index is 841. The average molecular weight is 364 g/mol. The van der Waals surface area contributed by atoms with E-state index in [-0.39, 0.29) is 16.3 Å². The number of Topliss-reactive ketones (excluding diaryl/α,β-unsaturated/α-hetero) is 1. The Hall–Kier alpha value is -2.03.